The third-order valence-electron chi connectivity index (χ3n) is 2.94. The number of carbonyl (C=O) groups excluding carboxylic acids is 1. The van der Waals surface area contributed by atoms with E-state index >= 15 is 0 Å². The highest BCUT2D eigenvalue weighted by Crippen LogP contribution is 2.19. The Morgan fingerprint density at radius 1 is 1.61 bits per heavy atom. The normalized spacial score (nSPS) is 14.9. The van der Waals surface area contributed by atoms with E-state index in [1.807, 2.05) is 0 Å². The van der Waals surface area contributed by atoms with E-state index in [9.17, 15) is 4.79 Å². The zero-order valence-corrected chi connectivity index (χ0v) is 10.1. The smallest absolute Gasteiger partial charge is 0.341 e. The van der Waals surface area contributed by atoms with Crippen LogP contribution in [0.3, 0.4) is 0 Å². The van der Waals surface area contributed by atoms with Gasteiger partial charge in [0.2, 0.25) is 0 Å². The van der Waals surface area contributed by atoms with Gasteiger partial charge in [-0.05, 0) is 25.0 Å². The van der Waals surface area contributed by atoms with Crippen molar-refractivity contribution >= 4 is 11.6 Å². The van der Waals surface area contributed by atoms with Crippen LogP contribution in [0.2, 0.25) is 0 Å². The molecular weight excluding hydrogens is 232 g/mol. The van der Waals surface area contributed by atoms with Gasteiger partial charge >= 0.3 is 5.97 Å². The summed E-state index contributed by atoms with van der Waals surface area (Å²) in [7, 11) is 1.36. The minimum atomic E-state index is -0.394. The van der Waals surface area contributed by atoms with Crippen LogP contribution in [0.5, 0.6) is 0 Å². The largest absolute Gasteiger partial charge is 0.465 e. The Hall–Kier alpha value is -1.95. The highest BCUT2D eigenvalue weighted by atomic mass is 16.5. The molecule has 1 aliphatic rings. The summed E-state index contributed by atoms with van der Waals surface area (Å²) in [5.74, 6) is 0.299. The fraction of sp³-hybridized carbons (Fsp3) is 0.417. The lowest BCUT2D eigenvalue weighted by atomic mass is 10.3. The number of rotatable bonds is 4. The van der Waals surface area contributed by atoms with Gasteiger partial charge in [-0.2, -0.15) is 0 Å². The number of pyridine rings is 1. The summed E-state index contributed by atoms with van der Waals surface area (Å²) in [5, 5.41) is 7.67. The SMILES string of the molecule is COC(=O)c1cccn2nc(CNC3CC3)nc12. The van der Waals surface area contributed by atoms with Crippen molar-refractivity contribution in [2.24, 2.45) is 0 Å². The molecule has 2 aromatic rings. The van der Waals surface area contributed by atoms with Crippen molar-refractivity contribution in [1.82, 2.24) is 19.9 Å². The number of methoxy groups -OCH3 is 1. The van der Waals surface area contributed by atoms with Crippen LogP contribution in [0, 0.1) is 0 Å². The van der Waals surface area contributed by atoms with Gasteiger partial charge in [-0.1, -0.05) is 0 Å². The van der Waals surface area contributed by atoms with Crippen LogP contribution in [-0.2, 0) is 11.3 Å². The van der Waals surface area contributed by atoms with Crippen molar-refractivity contribution in [2.75, 3.05) is 7.11 Å². The molecule has 0 bridgehead atoms. The van der Waals surface area contributed by atoms with Gasteiger partial charge in [0, 0.05) is 12.2 Å². The number of nitrogens with one attached hydrogen (secondary N) is 1. The second-order valence-electron chi connectivity index (χ2n) is 4.36. The second-order valence-corrected chi connectivity index (χ2v) is 4.36. The molecule has 94 valence electrons. The number of esters is 1. The Balaban J connectivity index is 1.91. The summed E-state index contributed by atoms with van der Waals surface area (Å²) in [6, 6.07) is 4.05. The van der Waals surface area contributed by atoms with Crippen molar-refractivity contribution in [3.63, 3.8) is 0 Å². The van der Waals surface area contributed by atoms with E-state index in [2.05, 4.69) is 15.4 Å². The number of carbonyl (C=O) groups is 1. The molecule has 1 fully saturated rings. The number of hydrogen-bond donors (Lipinski definition) is 1. The summed E-state index contributed by atoms with van der Waals surface area (Å²) in [5.41, 5.74) is 0.974. The van der Waals surface area contributed by atoms with E-state index in [0.29, 0.717) is 29.6 Å². The van der Waals surface area contributed by atoms with Crippen molar-refractivity contribution < 1.29 is 9.53 Å². The third kappa shape index (κ3) is 2.06. The second kappa shape index (κ2) is 4.38. The zero-order chi connectivity index (χ0) is 12.5. The van der Waals surface area contributed by atoms with Crippen LogP contribution in [0.4, 0.5) is 0 Å². The lowest BCUT2D eigenvalue weighted by Gasteiger charge is -1.99. The maximum Gasteiger partial charge on any atom is 0.341 e. The number of aromatic nitrogens is 3. The molecule has 3 rings (SSSR count). The van der Waals surface area contributed by atoms with Crippen LogP contribution >= 0.6 is 0 Å². The molecule has 0 aliphatic heterocycles. The molecule has 1 N–H and O–H groups in total. The lowest BCUT2D eigenvalue weighted by molar-refractivity contribution is 0.0602. The molecule has 18 heavy (non-hydrogen) atoms. The first-order valence-corrected chi connectivity index (χ1v) is 5.94. The highest BCUT2D eigenvalue weighted by molar-refractivity contribution is 5.95. The van der Waals surface area contributed by atoms with Crippen LogP contribution < -0.4 is 5.32 Å². The van der Waals surface area contributed by atoms with Crippen LogP contribution in [0.1, 0.15) is 29.0 Å². The van der Waals surface area contributed by atoms with E-state index in [1.165, 1.54) is 20.0 Å². The Morgan fingerprint density at radius 2 is 2.44 bits per heavy atom. The topological polar surface area (TPSA) is 68.5 Å². The monoisotopic (exact) mass is 246 g/mol. The highest BCUT2D eigenvalue weighted by Gasteiger charge is 2.21. The minimum Gasteiger partial charge on any atom is -0.465 e. The first-order valence-electron chi connectivity index (χ1n) is 5.94. The molecule has 6 heteroatoms. The van der Waals surface area contributed by atoms with Gasteiger partial charge < -0.3 is 10.1 Å². The van der Waals surface area contributed by atoms with E-state index in [1.54, 1.807) is 22.8 Å². The van der Waals surface area contributed by atoms with Gasteiger partial charge in [0.1, 0.15) is 5.56 Å². The molecule has 0 spiro atoms. The van der Waals surface area contributed by atoms with Gasteiger partial charge in [-0.3, -0.25) is 0 Å². The van der Waals surface area contributed by atoms with Gasteiger partial charge in [-0.25, -0.2) is 14.3 Å². The molecule has 0 saturated heterocycles. The van der Waals surface area contributed by atoms with Crippen molar-refractivity contribution in [2.45, 2.75) is 25.4 Å². The first kappa shape index (κ1) is 11.2. The predicted octanol–water partition coefficient (Wildman–Crippen LogP) is 0.768. The number of fused-ring (bicyclic) bond motifs is 1. The number of hydrogen-bond acceptors (Lipinski definition) is 5. The van der Waals surface area contributed by atoms with E-state index in [0.717, 1.165) is 0 Å². The third-order valence-corrected chi connectivity index (χ3v) is 2.94. The molecule has 0 amide bonds. The molecule has 1 saturated carbocycles. The minimum absolute atomic E-state index is 0.394. The maximum atomic E-state index is 11.6. The molecule has 0 radical (unpaired) electrons. The fourth-order valence-electron chi connectivity index (χ4n) is 1.82. The molecule has 0 atom stereocenters. The van der Waals surface area contributed by atoms with E-state index in [4.69, 9.17) is 4.74 Å². The molecule has 2 heterocycles. The Morgan fingerprint density at radius 3 is 3.17 bits per heavy atom. The summed E-state index contributed by atoms with van der Waals surface area (Å²) >= 11 is 0. The van der Waals surface area contributed by atoms with Crippen LogP contribution in [0.25, 0.3) is 5.65 Å². The zero-order valence-electron chi connectivity index (χ0n) is 10.1. The average molecular weight is 246 g/mol. The predicted molar refractivity (Wildman–Crippen MR) is 64.2 cm³/mol. The summed E-state index contributed by atoms with van der Waals surface area (Å²) in [6.07, 6.45) is 4.22. The van der Waals surface area contributed by atoms with Crippen molar-refractivity contribution in [1.29, 1.82) is 0 Å². The van der Waals surface area contributed by atoms with Crippen molar-refractivity contribution in [3.05, 3.63) is 29.7 Å². The molecule has 1 aliphatic carbocycles. The maximum absolute atomic E-state index is 11.6. The molecule has 2 aromatic heterocycles. The standard InChI is InChI=1S/C12H14N4O2/c1-18-12(17)9-3-2-6-16-11(9)14-10(15-16)7-13-8-4-5-8/h2-3,6,8,13H,4-5,7H2,1H3. The van der Waals surface area contributed by atoms with Gasteiger partial charge in [0.15, 0.2) is 11.5 Å². The molecular formula is C12H14N4O2. The number of ether oxygens (including phenoxy) is 1. The molecule has 6 nitrogen and oxygen atoms in total. The summed E-state index contributed by atoms with van der Waals surface area (Å²) in [6.45, 7) is 0.632. The Labute approximate surface area is 104 Å². The van der Waals surface area contributed by atoms with E-state index in [-0.39, 0.29) is 0 Å². The van der Waals surface area contributed by atoms with Crippen LogP contribution in [0.15, 0.2) is 18.3 Å². The number of nitrogens with zero attached hydrogens (tertiary/aromatic N) is 3. The quantitative estimate of drug-likeness (QED) is 0.807. The lowest BCUT2D eigenvalue weighted by Crippen LogP contribution is -2.16. The van der Waals surface area contributed by atoms with Gasteiger partial charge in [0.25, 0.3) is 0 Å². The van der Waals surface area contributed by atoms with Crippen molar-refractivity contribution in [3.8, 4) is 0 Å². The average Bonchev–Trinajstić information content (AvgIpc) is 3.13. The molecule has 0 unspecified atom stereocenters. The molecule has 0 aromatic carbocycles. The Bertz CT molecular complexity index is 589. The fourth-order valence-corrected chi connectivity index (χ4v) is 1.82. The van der Waals surface area contributed by atoms with E-state index < -0.39 is 5.97 Å². The first-order chi connectivity index (χ1) is 8.78. The van der Waals surface area contributed by atoms with Gasteiger partial charge in [-0.15, -0.1) is 5.10 Å². The summed E-state index contributed by atoms with van der Waals surface area (Å²) < 4.78 is 6.33. The van der Waals surface area contributed by atoms with Gasteiger partial charge in [0.05, 0.1) is 13.7 Å². The summed E-state index contributed by atoms with van der Waals surface area (Å²) in [4.78, 5) is 16.0. The Kier molecular flexibility index (Phi) is 2.71. The van der Waals surface area contributed by atoms with Crippen LogP contribution in [-0.4, -0.2) is 33.7 Å².